The summed E-state index contributed by atoms with van der Waals surface area (Å²) < 4.78 is 18.7. The zero-order chi connectivity index (χ0) is 15.0. The van der Waals surface area contributed by atoms with Crippen LogP contribution >= 0.6 is 0 Å². The van der Waals surface area contributed by atoms with Crippen LogP contribution < -0.4 is 9.64 Å². The molecule has 108 valence electrons. The maximum atomic E-state index is 13.2. The smallest absolute Gasteiger partial charge is 0.258 e. The van der Waals surface area contributed by atoms with Crippen LogP contribution in [0.2, 0.25) is 0 Å². The Morgan fingerprint density at radius 1 is 1.29 bits per heavy atom. The summed E-state index contributed by atoms with van der Waals surface area (Å²) in [4.78, 5) is 18.6. The molecule has 0 radical (unpaired) electrons. The third kappa shape index (κ3) is 2.46. The minimum Gasteiger partial charge on any atom is -0.474 e. The zero-order valence-electron chi connectivity index (χ0n) is 11.9. The third-order valence-corrected chi connectivity index (χ3v) is 3.49. The van der Waals surface area contributed by atoms with E-state index in [2.05, 4.69) is 4.98 Å². The van der Waals surface area contributed by atoms with Crippen molar-refractivity contribution in [3.8, 4) is 5.88 Å². The highest BCUT2D eigenvalue weighted by molar-refractivity contribution is 6.07. The number of aryl methyl sites for hydroxylation is 2. The summed E-state index contributed by atoms with van der Waals surface area (Å²) in [5.74, 6) is -0.0409. The van der Waals surface area contributed by atoms with Crippen molar-refractivity contribution in [3.63, 3.8) is 0 Å². The SMILES string of the molecule is Cc1ccc2c(n1)OCCN2C(=O)c1ccc(F)cc1C. The van der Waals surface area contributed by atoms with Gasteiger partial charge < -0.3 is 9.64 Å². The molecule has 0 spiro atoms. The van der Waals surface area contributed by atoms with Crippen LogP contribution in [0.1, 0.15) is 21.6 Å². The van der Waals surface area contributed by atoms with Crippen LogP contribution in [-0.4, -0.2) is 24.0 Å². The van der Waals surface area contributed by atoms with E-state index in [1.807, 2.05) is 19.1 Å². The van der Waals surface area contributed by atoms with Gasteiger partial charge in [0.15, 0.2) is 0 Å². The molecule has 3 rings (SSSR count). The summed E-state index contributed by atoms with van der Waals surface area (Å²) in [5, 5.41) is 0. The van der Waals surface area contributed by atoms with Gasteiger partial charge in [-0.05, 0) is 49.7 Å². The molecular formula is C16H15FN2O2. The number of carbonyl (C=O) groups excluding carboxylic acids is 1. The van der Waals surface area contributed by atoms with Crippen LogP contribution in [0.15, 0.2) is 30.3 Å². The highest BCUT2D eigenvalue weighted by Crippen LogP contribution is 2.31. The largest absolute Gasteiger partial charge is 0.474 e. The van der Waals surface area contributed by atoms with E-state index in [9.17, 15) is 9.18 Å². The van der Waals surface area contributed by atoms with Gasteiger partial charge in [0, 0.05) is 11.3 Å². The number of benzene rings is 1. The van der Waals surface area contributed by atoms with Gasteiger partial charge in [0.1, 0.15) is 18.1 Å². The molecule has 1 amide bonds. The van der Waals surface area contributed by atoms with Crippen molar-refractivity contribution in [1.82, 2.24) is 4.98 Å². The quantitative estimate of drug-likeness (QED) is 0.809. The van der Waals surface area contributed by atoms with Gasteiger partial charge in [0.05, 0.1) is 6.54 Å². The van der Waals surface area contributed by atoms with Crippen molar-refractivity contribution in [2.45, 2.75) is 13.8 Å². The number of amides is 1. The minimum absolute atomic E-state index is 0.164. The maximum absolute atomic E-state index is 13.2. The number of hydrogen-bond acceptors (Lipinski definition) is 3. The monoisotopic (exact) mass is 286 g/mol. The van der Waals surface area contributed by atoms with E-state index in [0.717, 1.165) is 5.69 Å². The second-order valence-electron chi connectivity index (χ2n) is 5.04. The van der Waals surface area contributed by atoms with E-state index < -0.39 is 0 Å². The molecule has 0 bridgehead atoms. The fourth-order valence-electron chi connectivity index (χ4n) is 2.41. The molecule has 2 heterocycles. The summed E-state index contributed by atoms with van der Waals surface area (Å²) >= 11 is 0. The highest BCUT2D eigenvalue weighted by atomic mass is 19.1. The summed E-state index contributed by atoms with van der Waals surface area (Å²) in [7, 11) is 0. The Labute approximate surface area is 122 Å². The van der Waals surface area contributed by atoms with Gasteiger partial charge in [-0.25, -0.2) is 9.37 Å². The van der Waals surface area contributed by atoms with Crippen molar-refractivity contribution in [2.24, 2.45) is 0 Å². The van der Waals surface area contributed by atoms with E-state index in [0.29, 0.717) is 35.8 Å². The van der Waals surface area contributed by atoms with Gasteiger partial charge >= 0.3 is 0 Å². The summed E-state index contributed by atoms with van der Waals surface area (Å²) in [5.41, 5.74) is 2.60. The molecule has 1 aromatic heterocycles. The Balaban J connectivity index is 2.00. The van der Waals surface area contributed by atoms with Crippen LogP contribution in [0.25, 0.3) is 0 Å². The highest BCUT2D eigenvalue weighted by Gasteiger charge is 2.26. The number of rotatable bonds is 1. The average Bonchev–Trinajstić information content (AvgIpc) is 2.45. The van der Waals surface area contributed by atoms with Crippen molar-refractivity contribution < 1.29 is 13.9 Å². The van der Waals surface area contributed by atoms with E-state index in [4.69, 9.17) is 4.74 Å². The average molecular weight is 286 g/mol. The molecular weight excluding hydrogens is 271 g/mol. The molecule has 0 saturated heterocycles. The van der Waals surface area contributed by atoms with E-state index in [-0.39, 0.29) is 11.7 Å². The number of aromatic nitrogens is 1. The Morgan fingerprint density at radius 3 is 2.86 bits per heavy atom. The molecule has 1 aliphatic rings. The number of pyridine rings is 1. The Hall–Kier alpha value is -2.43. The molecule has 0 saturated carbocycles. The number of ether oxygens (including phenoxy) is 1. The van der Waals surface area contributed by atoms with Crippen LogP contribution in [-0.2, 0) is 0 Å². The fraction of sp³-hybridized carbons (Fsp3) is 0.250. The Morgan fingerprint density at radius 2 is 2.10 bits per heavy atom. The lowest BCUT2D eigenvalue weighted by Gasteiger charge is -2.29. The standard InChI is InChI=1S/C16H15FN2O2/c1-10-9-12(17)4-5-13(10)16(20)19-7-8-21-15-14(19)6-3-11(2)18-15/h3-6,9H,7-8H2,1-2H3. The molecule has 1 aliphatic heterocycles. The van der Waals surface area contributed by atoms with Gasteiger partial charge in [-0.15, -0.1) is 0 Å². The normalized spacial score (nSPS) is 13.6. The van der Waals surface area contributed by atoms with Gasteiger partial charge in [-0.3, -0.25) is 4.79 Å². The van der Waals surface area contributed by atoms with Crippen molar-refractivity contribution in [3.05, 3.63) is 53.0 Å². The first-order chi connectivity index (χ1) is 10.1. The number of halogens is 1. The molecule has 0 fully saturated rings. The molecule has 0 atom stereocenters. The molecule has 0 unspecified atom stereocenters. The van der Waals surface area contributed by atoms with Crippen molar-refractivity contribution in [1.29, 1.82) is 0 Å². The van der Waals surface area contributed by atoms with E-state index in [1.165, 1.54) is 18.2 Å². The van der Waals surface area contributed by atoms with Gasteiger partial charge in [-0.1, -0.05) is 0 Å². The van der Waals surface area contributed by atoms with Gasteiger partial charge in [0.25, 0.3) is 5.91 Å². The first kappa shape index (κ1) is 13.5. The maximum Gasteiger partial charge on any atom is 0.258 e. The lowest BCUT2D eigenvalue weighted by molar-refractivity contribution is 0.0975. The second-order valence-corrected chi connectivity index (χ2v) is 5.04. The van der Waals surface area contributed by atoms with Crippen LogP contribution in [0.4, 0.5) is 10.1 Å². The number of hydrogen-bond donors (Lipinski definition) is 0. The lowest BCUT2D eigenvalue weighted by Crippen LogP contribution is -2.38. The number of carbonyl (C=O) groups is 1. The van der Waals surface area contributed by atoms with Crippen LogP contribution in [0.5, 0.6) is 5.88 Å². The molecule has 21 heavy (non-hydrogen) atoms. The Bertz CT molecular complexity index is 715. The van der Waals surface area contributed by atoms with Gasteiger partial charge in [-0.2, -0.15) is 0 Å². The van der Waals surface area contributed by atoms with E-state index in [1.54, 1.807) is 11.8 Å². The van der Waals surface area contributed by atoms with Gasteiger partial charge in [0.2, 0.25) is 5.88 Å². The first-order valence-corrected chi connectivity index (χ1v) is 6.75. The van der Waals surface area contributed by atoms with Crippen LogP contribution in [0.3, 0.4) is 0 Å². The predicted molar refractivity (Wildman–Crippen MR) is 77.3 cm³/mol. The topological polar surface area (TPSA) is 42.4 Å². The summed E-state index contributed by atoms with van der Waals surface area (Å²) in [6.45, 7) is 4.45. The number of anilines is 1. The number of fused-ring (bicyclic) bond motifs is 1. The molecule has 0 N–H and O–H groups in total. The Kier molecular flexibility index (Phi) is 3.33. The lowest BCUT2D eigenvalue weighted by atomic mass is 10.1. The molecule has 4 nitrogen and oxygen atoms in total. The fourth-order valence-corrected chi connectivity index (χ4v) is 2.41. The summed E-state index contributed by atoms with van der Waals surface area (Å²) in [6.07, 6.45) is 0. The minimum atomic E-state index is -0.344. The molecule has 0 aliphatic carbocycles. The summed E-state index contributed by atoms with van der Waals surface area (Å²) in [6, 6.07) is 7.85. The number of nitrogens with zero attached hydrogens (tertiary/aromatic N) is 2. The predicted octanol–water partition coefficient (Wildman–Crippen LogP) is 2.88. The molecule has 2 aromatic rings. The third-order valence-electron chi connectivity index (χ3n) is 3.49. The molecule has 5 heteroatoms. The second kappa shape index (κ2) is 5.16. The van der Waals surface area contributed by atoms with E-state index >= 15 is 0 Å². The zero-order valence-corrected chi connectivity index (χ0v) is 11.9. The first-order valence-electron chi connectivity index (χ1n) is 6.75. The van der Waals surface area contributed by atoms with Crippen LogP contribution in [0, 0.1) is 19.7 Å². The molecule has 1 aromatic carbocycles. The van der Waals surface area contributed by atoms with Crippen molar-refractivity contribution >= 4 is 11.6 Å². The van der Waals surface area contributed by atoms with Crippen molar-refractivity contribution in [2.75, 3.05) is 18.1 Å².